The van der Waals surface area contributed by atoms with E-state index in [0.717, 1.165) is 10.9 Å². The maximum atomic E-state index is 13.8. The first-order valence-electron chi connectivity index (χ1n) is 5.36. The van der Waals surface area contributed by atoms with Gasteiger partial charge in [0.1, 0.15) is 5.52 Å². The Morgan fingerprint density at radius 3 is 2.11 bits per heavy atom. The Bertz CT molecular complexity index is 765. The van der Waals surface area contributed by atoms with Gasteiger partial charge < -0.3 is 0 Å². The Labute approximate surface area is 104 Å². The number of para-hydroxylation sites is 1. The van der Waals surface area contributed by atoms with Crippen LogP contribution in [0.4, 0.5) is 17.6 Å². The van der Waals surface area contributed by atoms with E-state index in [4.69, 9.17) is 0 Å². The van der Waals surface area contributed by atoms with Crippen molar-refractivity contribution in [2.24, 2.45) is 0 Å². The molecule has 1 heterocycles. The lowest BCUT2D eigenvalue weighted by molar-refractivity contribution is 0.417. The molecule has 0 saturated heterocycles. The van der Waals surface area contributed by atoms with Gasteiger partial charge in [0.25, 0.3) is 0 Å². The van der Waals surface area contributed by atoms with E-state index in [0.29, 0.717) is 5.69 Å². The van der Waals surface area contributed by atoms with E-state index in [1.807, 2.05) is 0 Å². The molecular formula is C13H6F4N2. The molecule has 0 fully saturated rings. The van der Waals surface area contributed by atoms with Crippen molar-refractivity contribution in [3.8, 4) is 5.69 Å². The van der Waals surface area contributed by atoms with Gasteiger partial charge in [0.15, 0.2) is 23.3 Å². The summed E-state index contributed by atoms with van der Waals surface area (Å²) in [5.41, 5.74) is -0.00981. The molecule has 0 aliphatic heterocycles. The molecule has 0 amide bonds. The smallest absolute Gasteiger partial charge is 0.199 e. The zero-order valence-corrected chi connectivity index (χ0v) is 9.37. The van der Waals surface area contributed by atoms with Gasteiger partial charge in [-0.25, -0.2) is 22.2 Å². The summed E-state index contributed by atoms with van der Waals surface area (Å²) in [4.78, 5) is 0. The molecule has 0 aliphatic carbocycles. The number of halogens is 4. The highest BCUT2D eigenvalue weighted by Gasteiger charge is 2.24. The minimum Gasteiger partial charge on any atom is -0.230 e. The van der Waals surface area contributed by atoms with Gasteiger partial charge in [-0.2, -0.15) is 5.10 Å². The highest BCUT2D eigenvalue weighted by atomic mass is 19.2. The lowest BCUT2D eigenvalue weighted by atomic mass is 10.2. The van der Waals surface area contributed by atoms with E-state index >= 15 is 0 Å². The first-order valence-corrected chi connectivity index (χ1v) is 5.36. The molecule has 96 valence electrons. The summed E-state index contributed by atoms with van der Waals surface area (Å²) in [6.45, 7) is 0. The van der Waals surface area contributed by atoms with Crippen LogP contribution in [-0.4, -0.2) is 9.78 Å². The first kappa shape index (κ1) is 11.7. The fourth-order valence-corrected chi connectivity index (χ4v) is 1.90. The molecule has 3 aromatic rings. The maximum absolute atomic E-state index is 13.8. The van der Waals surface area contributed by atoms with Crippen molar-refractivity contribution < 1.29 is 17.6 Å². The average molecular weight is 266 g/mol. The van der Waals surface area contributed by atoms with E-state index in [9.17, 15) is 17.6 Å². The Balaban J connectivity index is 2.42. The SMILES string of the molecule is Fc1c(F)c(F)c2c(cnn2-c2ccccc2)c1F. The zero-order chi connectivity index (χ0) is 13.6. The van der Waals surface area contributed by atoms with Crippen molar-refractivity contribution in [2.45, 2.75) is 0 Å². The van der Waals surface area contributed by atoms with Gasteiger partial charge in [-0.3, -0.25) is 0 Å². The van der Waals surface area contributed by atoms with Gasteiger partial charge >= 0.3 is 0 Å². The molecule has 0 spiro atoms. The predicted octanol–water partition coefficient (Wildman–Crippen LogP) is 3.58. The number of aromatic nitrogens is 2. The minimum absolute atomic E-state index is 0.403. The second kappa shape index (κ2) is 4.08. The molecule has 2 aromatic carbocycles. The van der Waals surface area contributed by atoms with Crippen molar-refractivity contribution in [3.63, 3.8) is 0 Å². The first-order chi connectivity index (χ1) is 9.11. The molecule has 0 unspecified atom stereocenters. The highest BCUT2D eigenvalue weighted by molar-refractivity contribution is 5.81. The van der Waals surface area contributed by atoms with Crippen LogP contribution in [0, 0.1) is 23.3 Å². The molecule has 6 heteroatoms. The summed E-state index contributed by atoms with van der Waals surface area (Å²) in [6.07, 6.45) is 0.962. The van der Waals surface area contributed by atoms with Crippen molar-refractivity contribution in [3.05, 3.63) is 59.8 Å². The molecule has 2 nitrogen and oxygen atoms in total. The monoisotopic (exact) mass is 266 g/mol. The Hall–Kier alpha value is -2.37. The Kier molecular flexibility index (Phi) is 2.51. The van der Waals surface area contributed by atoms with Crippen LogP contribution in [0.2, 0.25) is 0 Å². The van der Waals surface area contributed by atoms with Crippen molar-refractivity contribution in [1.29, 1.82) is 0 Å². The van der Waals surface area contributed by atoms with Gasteiger partial charge in [-0.05, 0) is 12.1 Å². The summed E-state index contributed by atoms with van der Waals surface area (Å²) in [5.74, 6) is -6.59. The van der Waals surface area contributed by atoms with Gasteiger partial charge in [0, 0.05) is 0 Å². The molecule has 0 atom stereocenters. The zero-order valence-electron chi connectivity index (χ0n) is 9.37. The maximum Gasteiger partial charge on any atom is 0.199 e. The molecule has 0 saturated carbocycles. The fraction of sp³-hybridized carbons (Fsp3) is 0. The van der Waals surface area contributed by atoms with E-state index in [2.05, 4.69) is 5.10 Å². The topological polar surface area (TPSA) is 17.8 Å². The molecule has 0 radical (unpaired) electrons. The lowest BCUT2D eigenvalue weighted by Gasteiger charge is -2.05. The third-order valence-corrected chi connectivity index (χ3v) is 2.79. The summed E-state index contributed by atoms with van der Waals surface area (Å²) in [5, 5.41) is 3.37. The predicted molar refractivity (Wildman–Crippen MR) is 60.9 cm³/mol. The van der Waals surface area contributed by atoms with Crippen LogP contribution in [0.15, 0.2) is 36.5 Å². The third kappa shape index (κ3) is 1.60. The number of benzene rings is 2. The second-order valence-electron chi connectivity index (χ2n) is 3.91. The minimum atomic E-state index is -1.84. The molecule has 0 aliphatic rings. The average Bonchev–Trinajstić information content (AvgIpc) is 2.88. The number of rotatable bonds is 1. The summed E-state index contributed by atoms with van der Waals surface area (Å²) in [7, 11) is 0. The quantitative estimate of drug-likeness (QED) is 0.374. The van der Waals surface area contributed by atoms with Crippen LogP contribution < -0.4 is 0 Å². The molecule has 19 heavy (non-hydrogen) atoms. The highest BCUT2D eigenvalue weighted by Crippen LogP contribution is 2.28. The lowest BCUT2D eigenvalue weighted by Crippen LogP contribution is -2.02. The second-order valence-corrected chi connectivity index (χ2v) is 3.91. The van der Waals surface area contributed by atoms with Gasteiger partial charge in [0.2, 0.25) is 0 Å². The van der Waals surface area contributed by atoms with Crippen LogP contribution >= 0.6 is 0 Å². The van der Waals surface area contributed by atoms with E-state index < -0.39 is 34.2 Å². The van der Waals surface area contributed by atoms with Gasteiger partial charge in [-0.15, -0.1) is 0 Å². The van der Waals surface area contributed by atoms with Gasteiger partial charge in [0.05, 0.1) is 17.3 Å². The number of hydrogen-bond acceptors (Lipinski definition) is 1. The van der Waals surface area contributed by atoms with Crippen LogP contribution in [-0.2, 0) is 0 Å². The molecule has 0 bridgehead atoms. The van der Waals surface area contributed by atoms with E-state index in [1.165, 1.54) is 0 Å². The molecular weight excluding hydrogens is 260 g/mol. The van der Waals surface area contributed by atoms with Crippen LogP contribution in [0.5, 0.6) is 0 Å². The largest absolute Gasteiger partial charge is 0.230 e. The number of fused-ring (bicyclic) bond motifs is 1. The van der Waals surface area contributed by atoms with Crippen LogP contribution in [0.25, 0.3) is 16.6 Å². The fourth-order valence-electron chi connectivity index (χ4n) is 1.90. The van der Waals surface area contributed by atoms with E-state index in [-0.39, 0.29) is 0 Å². The third-order valence-electron chi connectivity index (χ3n) is 2.79. The standard InChI is InChI=1S/C13H6F4N2/c14-9-8-6-18-19(7-4-2-1-3-5-7)13(8)12(17)11(16)10(9)15/h1-6H. The van der Waals surface area contributed by atoms with Crippen molar-refractivity contribution in [1.82, 2.24) is 9.78 Å². The number of nitrogens with zero attached hydrogens (tertiary/aromatic N) is 2. The van der Waals surface area contributed by atoms with Crippen LogP contribution in [0.1, 0.15) is 0 Å². The summed E-state index contributed by atoms with van der Waals surface area (Å²) >= 11 is 0. The summed E-state index contributed by atoms with van der Waals surface area (Å²) in [6, 6.07) is 8.23. The normalized spacial score (nSPS) is 11.2. The van der Waals surface area contributed by atoms with Gasteiger partial charge in [-0.1, -0.05) is 18.2 Å². The van der Waals surface area contributed by atoms with Crippen molar-refractivity contribution in [2.75, 3.05) is 0 Å². The van der Waals surface area contributed by atoms with Crippen molar-refractivity contribution >= 4 is 10.9 Å². The molecule has 1 aromatic heterocycles. The Morgan fingerprint density at radius 2 is 1.42 bits per heavy atom. The Morgan fingerprint density at radius 1 is 0.789 bits per heavy atom. The molecule has 0 N–H and O–H groups in total. The molecule has 3 rings (SSSR count). The van der Waals surface area contributed by atoms with E-state index in [1.54, 1.807) is 30.3 Å². The number of hydrogen-bond donors (Lipinski definition) is 0. The summed E-state index contributed by atoms with van der Waals surface area (Å²) < 4.78 is 54.7. The van der Waals surface area contributed by atoms with Crippen LogP contribution in [0.3, 0.4) is 0 Å².